The van der Waals surface area contributed by atoms with E-state index in [1.807, 2.05) is 18.2 Å². The van der Waals surface area contributed by atoms with Gasteiger partial charge >= 0.3 is 6.03 Å². The van der Waals surface area contributed by atoms with Crippen LogP contribution in [0.25, 0.3) is 0 Å². The fourth-order valence-corrected chi connectivity index (χ4v) is 2.23. The maximum absolute atomic E-state index is 12.4. The number of carbonyl (C=O) groups excluding carboxylic acids is 1. The maximum Gasteiger partial charge on any atom is 0.322 e. The molecule has 0 heterocycles. The molecular weight excluding hydrogens is 268 g/mol. The van der Waals surface area contributed by atoms with Crippen molar-refractivity contribution in [2.45, 2.75) is 26.7 Å². The second-order valence-corrected chi connectivity index (χ2v) is 4.79. The smallest absolute Gasteiger partial charge is 0.322 e. The lowest BCUT2D eigenvalue weighted by molar-refractivity contribution is 0.142. The summed E-state index contributed by atoms with van der Waals surface area (Å²) in [5, 5.41) is 12.1. The van der Waals surface area contributed by atoms with E-state index in [9.17, 15) is 4.79 Å². The van der Waals surface area contributed by atoms with E-state index in [-0.39, 0.29) is 12.6 Å². The monoisotopic (exact) mass is 294 g/mol. The normalized spacial score (nSPS) is 10.5. The summed E-state index contributed by atoms with van der Waals surface area (Å²) in [5.41, 5.74) is 3.14. The summed E-state index contributed by atoms with van der Waals surface area (Å²) in [4.78, 5) is 14.0. The molecule has 0 aliphatic heterocycles. The van der Waals surface area contributed by atoms with Crippen LogP contribution in [0.4, 0.5) is 10.5 Å². The Hall–Kier alpha value is -1.59. The zero-order chi connectivity index (χ0) is 15.7. The molecular formula is C16H26N2O3. The van der Waals surface area contributed by atoms with Crippen LogP contribution in [0.3, 0.4) is 0 Å². The van der Waals surface area contributed by atoms with Crippen molar-refractivity contribution in [1.29, 1.82) is 0 Å². The van der Waals surface area contributed by atoms with Crippen molar-refractivity contribution in [2.75, 3.05) is 38.7 Å². The molecule has 0 aliphatic rings. The third-order valence-corrected chi connectivity index (χ3v) is 3.45. The predicted molar refractivity (Wildman–Crippen MR) is 84.8 cm³/mol. The number of aliphatic hydroxyl groups is 1. The number of carbonyl (C=O) groups is 1. The minimum absolute atomic E-state index is 0.0623. The lowest BCUT2D eigenvalue weighted by Gasteiger charge is -2.23. The Bertz CT molecular complexity index is 427. The highest BCUT2D eigenvalue weighted by Crippen LogP contribution is 2.22. The molecule has 0 saturated carbocycles. The molecule has 1 aromatic rings. The number of rotatable bonds is 8. The van der Waals surface area contributed by atoms with Crippen LogP contribution in [-0.4, -0.2) is 49.5 Å². The van der Waals surface area contributed by atoms with Crippen LogP contribution in [-0.2, 0) is 17.6 Å². The average Bonchev–Trinajstić information content (AvgIpc) is 2.51. The van der Waals surface area contributed by atoms with Gasteiger partial charge in [0.2, 0.25) is 0 Å². The minimum atomic E-state index is -0.197. The molecule has 2 amide bonds. The number of benzene rings is 1. The molecule has 21 heavy (non-hydrogen) atoms. The number of nitrogens with one attached hydrogen (secondary N) is 1. The Morgan fingerprint density at radius 1 is 1.24 bits per heavy atom. The molecule has 1 aromatic carbocycles. The molecule has 0 atom stereocenters. The van der Waals surface area contributed by atoms with Crippen molar-refractivity contribution < 1.29 is 14.6 Å². The Labute approximate surface area is 126 Å². The number of hydrogen-bond donors (Lipinski definition) is 2. The molecule has 0 bridgehead atoms. The van der Waals surface area contributed by atoms with E-state index in [4.69, 9.17) is 9.84 Å². The van der Waals surface area contributed by atoms with Gasteiger partial charge in [0, 0.05) is 25.9 Å². The SMILES string of the molecule is CCc1cccc(CC)c1NC(=O)N(CCO)CCOC. The number of aryl methyl sites for hydroxylation is 2. The molecule has 0 unspecified atom stereocenters. The standard InChI is InChI=1S/C16H26N2O3/c1-4-13-7-6-8-14(5-2)15(13)17-16(20)18(9-11-19)10-12-21-3/h6-8,19H,4-5,9-12H2,1-3H3,(H,17,20). The molecule has 0 fully saturated rings. The quantitative estimate of drug-likeness (QED) is 0.773. The Morgan fingerprint density at radius 3 is 2.33 bits per heavy atom. The number of ether oxygens (including phenoxy) is 1. The van der Waals surface area contributed by atoms with Gasteiger partial charge in [0.25, 0.3) is 0 Å². The summed E-state index contributed by atoms with van der Waals surface area (Å²) >= 11 is 0. The molecule has 0 saturated heterocycles. The topological polar surface area (TPSA) is 61.8 Å². The molecule has 5 heteroatoms. The minimum Gasteiger partial charge on any atom is -0.395 e. The summed E-state index contributed by atoms with van der Waals surface area (Å²) < 4.78 is 5.01. The second-order valence-electron chi connectivity index (χ2n) is 4.79. The van der Waals surface area contributed by atoms with Gasteiger partial charge in [0.1, 0.15) is 0 Å². The number of anilines is 1. The first-order valence-corrected chi connectivity index (χ1v) is 7.44. The van der Waals surface area contributed by atoms with Crippen molar-refractivity contribution in [1.82, 2.24) is 4.90 Å². The van der Waals surface area contributed by atoms with E-state index in [0.29, 0.717) is 19.7 Å². The van der Waals surface area contributed by atoms with Crippen molar-refractivity contribution in [2.24, 2.45) is 0 Å². The van der Waals surface area contributed by atoms with Gasteiger partial charge in [0.15, 0.2) is 0 Å². The molecule has 1 rings (SSSR count). The average molecular weight is 294 g/mol. The first-order valence-electron chi connectivity index (χ1n) is 7.44. The number of urea groups is 1. The fourth-order valence-electron chi connectivity index (χ4n) is 2.23. The van der Waals surface area contributed by atoms with Gasteiger partial charge in [0.05, 0.1) is 13.2 Å². The van der Waals surface area contributed by atoms with E-state index >= 15 is 0 Å². The second kappa shape index (κ2) is 9.37. The van der Waals surface area contributed by atoms with Gasteiger partial charge in [-0.2, -0.15) is 0 Å². The van der Waals surface area contributed by atoms with Crippen molar-refractivity contribution in [3.8, 4) is 0 Å². The highest BCUT2D eigenvalue weighted by molar-refractivity contribution is 5.91. The number of amides is 2. The Balaban J connectivity index is 2.89. The fraction of sp³-hybridized carbons (Fsp3) is 0.562. The number of hydrogen-bond acceptors (Lipinski definition) is 3. The third-order valence-electron chi connectivity index (χ3n) is 3.45. The summed E-state index contributed by atoms with van der Waals surface area (Å²) in [7, 11) is 1.59. The zero-order valence-electron chi connectivity index (χ0n) is 13.2. The van der Waals surface area contributed by atoms with Gasteiger partial charge in [-0.1, -0.05) is 32.0 Å². The third kappa shape index (κ3) is 5.02. The van der Waals surface area contributed by atoms with Gasteiger partial charge in [-0.25, -0.2) is 4.79 Å². The van der Waals surface area contributed by atoms with Crippen LogP contribution in [0, 0.1) is 0 Å². The lowest BCUT2D eigenvalue weighted by Crippen LogP contribution is -2.39. The summed E-state index contributed by atoms with van der Waals surface area (Å²) in [5.74, 6) is 0. The van der Waals surface area contributed by atoms with Gasteiger partial charge in [-0.3, -0.25) is 0 Å². The van der Waals surface area contributed by atoms with Crippen LogP contribution in [0.15, 0.2) is 18.2 Å². The molecule has 0 spiro atoms. The summed E-state index contributed by atoms with van der Waals surface area (Å²) in [6, 6.07) is 5.88. The number of para-hydroxylation sites is 1. The van der Waals surface area contributed by atoms with Crippen LogP contribution in [0.5, 0.6) is 0 Å². The predicted octanol–water partition coefficient (Wildman–Crippen LogP) is 2.28. The largest absolute Gasteiger partial charge is 0.395 e. The van der Waals surface area contributed by atoms with Crippen molar-refractivity contribution in [3.63, 3.8) is 0 Å². The highest BCUT2D eigenvalue weighted by atomic mass is 16.5. The molecule has 0 aromatic heterocycles. The van der Waals surface area contributed by atoms with Crippen molar-refractivity contribution in [3.05, 3.63) is 29.3 Å². The number of aliphatic hydroxyl groups excluding tert-OH is 1. The summed E-state index contributed by atoms with van der Waals surface area (Å²) in [6.07, 6.45) is 1.73. The zero-order valence-corrected chi connectivity index (χ0v) is 13.2. The van der Waals surface area contributed by atoms with Crippen LogP contribution in [0.1, 0.15) is 25.0 Å². The first-order chi connectivity index (χ1) is 10.2. The van der Waals surface area contributed by atoms with Crippen molar-refractivity contribution >= 4 is 11.7 Å². The van der Waals surface area contributed by atoms with Crippen LogP contribution < -0.4 is 5.32 Å². The van der Waals surface area contributed by atoms with E-state index in [1.54, 1.807) is 12.0 Å². The molecule has 0 radical (unpaired) electrons. The molecule has 0 aliphatic carbocycles. The molecule has 5 nitrogen and oxygen atoms in total. The van der Waals surface area contributed by atoms with Gasteiger partial charge in [-0.15, -0.1) is 0 Å². The van der Waals surface area contributed by atoms with Gasteiger partial charge < -0.3 is 20.1 Å². The summed E-state index contributed by atoms with van der Waals surface area (Å²) in [6.45, 7) is 5.28. The van der Waals surface area contributed by atoms with E-state index in [2.05, 4.69) is 19.2 Å². The molecule has 2 N–H and O–H groups in total. The first kappa shape index (κ1) is 17.5. The van der Waals surface area contributed by atoms with E-state index in [1.165, 1.54) is 0 Å². The van der Waals surface area contributed by atoms with E-state index < -0.39 is 0 Å². The molecule has 118 valence electrons. The van der Waals surface area contributed by atoms with E-state index in [0.717, 1.165) is 29.7 Å². The highest BCUT2D eigenvalue weighted by Gasteiger charge is 2.15. The number of methoxy groups -OCH3 is 1. The Kier molecular flexibility index (Phi) is 7.79. The van der Waals surface area contributed by atoms with Crippen LogP contribution in [0.2, 0.25) is 0 Å². The number of nitrogens with zero attached hydrogens (tertiary/aromatic N) is 1. The van der Waals surface area contributed by atoms with Gasteiger partial charge in [-0.05, 0) is 24.0 Å². The van der Waals surface area contributed by atoms with Crippen LogP contribution >= 0.6 is 0 Å². The lowest BCUT2D eigenvalue weighted by atomic mass is 10.0. The Morgan fingerprint density at radius 2 is 1.86 bits per heavy atom. The maximum atomic E-state index is 12.4.